The van der Waals surface area contributed by atoms with Crippen molar-refractivity contribution in [3.63, 3.8) is 0 Å². The minimum Gasteiger partial charge on any atom is -0.409 e. The second-order valence-electron chi connectivity index (χ2n) is 4.42. The highest BCUT2D eigenvalue weighted by molar-refractivity contribution is 5.97. The van der Waals surface area contributed by atoms with Gasteiger partial charge in [-0.05, 0) is 30.5 Å². The Labute approximate surface area is 106 Å². The number of hydrogen-bond acceptors (Lipinski definition) is 4. The Kier molecular flexibility index (Phi) is 4.17. The second kappa shape index (κ2) is 5.84. The van der Waals surface area contributed by atoms with E-state index in [1.165, 1.54) is 0 Å². The van der Waals surface area contributed by atoms with Crippen molar-refractivity contribution >= 4 is 5.84 Å². The van der Waals surface area contributed by atoms with E-state index in [-0.39, 0.29) is 11.9 Å². The van der Waals surface area contributed by atoms with E-state index in [1.807, 2.05) is 25.1 Å². The summed E-state index contributed by atoms with van der Waals surface area (Å²) in [7, 11) is 0. The average Bonchev–Trinajstić information content (AvgIpc) is 2.89. The van der Waals surface area contributed by atoms with Gasteiger partial charge in [0.25, 0.3) is 0 Å². The summed E-state index contributed by atoms with van der Waals surface area (Å²) in [5, 5.41) is 11.6. The van der Waals surface area contributed by atoms with Crippen LogP contribution in [0, 0.1) is 6.92 Å². The Morgan fingerprint density at radius 3 is 3.06 bits per heavy atom. The Bertz CT molecular complexity index is 440. The topological polar surface area (TPSA) is 77.1 Å². The third-order valence-electron chi connectivity index (χ3n) is 3.11. The quantitative estimate of drug-likeness (QED) is 0.366. The number of aryl methyl sites for hydroxylation is 1. The molecule has 5 heteroatoms. The molecule has 0 aliphatic carbocycles. The molecule has 1 aromatic rings. The molecule has 1 aromatic carbocycles. The van der Waals surface area contributed by atoms with Crippen molar-refractivity contribution in [1.29, 1.82) is 0 Å². The van der Waals surface area contributed by atoms with Crippen molar-refractivity contribution in [2.75, 3.05) is 13.2 Å². The molecule has 0 bridgehead atoms. The third-order valence-corrected chi connectivity index (χ3v) is 3.11. The van der Waals surface area contributed by atoms with Crippen molar-refractivity contribution in [3.05, 3.63) is 34.9 Å². The van der Waals surface area contributed by atoms with E-state index >= 15 is 0 Å². The summed E-state index contributed by atoms with van der Waals surface area (Å²) in [5.74, 6) is 0.120. The molecular weight excluding hydrogens is 232 g/mol. The van der Waals surface area contributed by atoms with Crippen LogP contribution in [0.25, 0.3) is 0 Å². The van der Waals surface area contributed by atoms with Crippen LogP contribution in [0.1, 0.15) is 23.1 Å². The van der Waals surface area contributed by atoms with Gasteiger partial charge in [0, 0.05) is 12.2 Å². The summed E-state index contributed by atoms with van der Waals surface area (Å²) in [6.07, 6.45) is 1.16. The predicted octanol–water partition coefficient (Wildman–Crippen LogP) is 1.40. The van der Waals surface area contributed by atoms with Crippen LogP contribution in [0.4, 0.5) is 0 Å². The van der Waals surface area contributed by atoms with Gasteiger partial charge in [0.1, 0.15) is 0 Å². The molecule has 98 valence electrons. The summed E-state index contributed by atoms with van der Waals surface area (Å²) < 4.78 is 11.0. The Balaban J connectivity index is 2.00. The van der Waals surface area contributed by atoms with Crippen LogP contribution in [-0.2, 0) is 16.1 Å². The monoisotopic (exact) mass is 250 g/mol. The van der Waals surface area contributed by atoms with E-state index in [0.29, 0.717) is 18.8 Å². The molecule has 1 unspecified atom stereocenters. The van der Waals surface area contributed by atoms with Crippen LogP contribution >= 0.6 is 0 Å². The number of nitrogens with zero attached hydrogens (tertiary/aromatic N) is 1. The zero-order chi connectivity index (χ0) is 13.0. The number of amidine groups is 1. The Hall–Kier alpha value is -1.59. The molecule has 1 fully saturated rings. The molecule has 1 aliphatic rings. The summed E-state index contributed by atoms with van der Waals surface area (Å²) in [6.45, 7) is 4.02. The van der Waals surface area contributed by atoms with Crippen LogP contribution in [0.5, 0.6) is 0 Å². The molecule has 3 N–H and O–H groups in total. The zero-order valence-electron chi connectivity index (χ0n) is 10.4. The van der Waals surface area contributed by atoms with Gasteiger partial charge in [0.2, 0.25) is 0 Å². The highest BCUT2D eigenvalue weighted by atomic mass is 16.5. The van der Waals surface area contributed by atoms with E-state index in [0.717, 1.165) is 24.2 Å². The van der Waals surface area contributed by atoms with Gasteiger partial charge in [-0.25, -0.2) is 0 Å². The van der Waals surface area contributed by atoms with Gasteiger partial charge in [-0.2, -0.15) is 0 Å². The van der Waals surface area contributed by atoms with Gasteiger partial charge < -0.3 is 20.4 Å². The van der Waals surface area contributed by atoms with Gasteiger partial charge in [-0.3, -0.25) is 0 Å². The summed E-state index contributed by atoms with van der Waals surface area (Å²) in [4.78, 5) is 0. The van der Waals surface area contributed by atoms with E-state index in [4.69, 9.17) is 20.4 Å². The highest BCUT2D eigenvalue weighted by Gasteiger charge is 2.16. The van der Waals surface area contributed by atoms with Gasteiger partial charge in [0.05, 0.1) is 19.3 Å². The third kappa shape index (κ3) is 3.00. The molecule has 18 heavy (non-hydrogen) atoms. The molecule has 1 saturated heterocycles. The summed E-state index contributed by atoms with van der Waals surface area (Å²) >= 11 is 0. The van der Waals surface area contributed by atoms with Gasteiger partial charge >= 0.3 is 0 Å². The predicted molar refractivity (Wildman–Crippen MR) is 67.7 cm³/mol. The molecule has 0 amide bonds. The lowest BCUT2D eigenvalue weighted by molar-refractivity contribution is 0.0315. The number of rotatable bonds is 4. The summed E-state index contributed by atoms with van der Waals surface area (Å²) in [6, 6.07) is 5.66. The van der Waals surface area contributed by atoms with Crippen LogP contribution in [-0.4, -0.2) is 30.4 Å². The van der Waals surface area contributed by atoms with Crippen LogP contribution in [0.2, 0.25) is 0 Å². The molecule has 0 saturated carbocycles. The molecule has 0 radical (unpaired) electrons. The molecule has 0 spiro atoms. The number of ether oxygens (including phenoxy) is 2. The Morgan fingerprint density at radius 1 is 1.61 bits per heavy atom. The lowest BCUT2D eigenvalue weighted by atomic mass is 10.1. The van der Waals surface area contributed by atoms with Crippen molar-refractivity contribution in [3.8, 4) is 0 Å². The average molecular weight is 250 g/mol. The van der Waals surface area contributed by atoms with Crippen LogP contribution in [0.3, 0.4) is 0 Å². The van der Waals surface area contributed by atoms with Crippen LogP contribution < -0.4 is 5.73 Å². The lowest BCUT2D eigenvalue weighted by Gasteiger charge is -2.12. The first-order chi connectivity index (χ1) is 8.70. The molecule has 1 atom stereocenters. The number of nitrogens with two attached hydrogens (primary N) is 1. The number of oxime groups is 1. The largest absolute Gasteiger partial charge is 0.409 e. The minimum absolute atomic E-state index is 0.120. The fraction of sp³-hybridized carbons (Fsp3) is 0.462. The van der Waals surface area contributed by atoms with E-state index < -0.39 is 0 Å². The van der Waals surface area contributed by atoms with Gasteiger partial charge in [-0.1, -0.05) is 17.3 Å². The SMILES string of the molecule is Cc1cc(/C(N)=N/O)ccc1COC1CCOC1. The van der Waals surface area contributed by atoms with Crippen molar-refractivity contribution in [2.45, 2.75) is 26.1 Å². The van der Waals surface area contributed by atoms with Gasteiger partial charge in [0.15, 0.2) is 5.84 Å². The first kappa shape index (κ1) is 12.9. The first-order valence-corrected chi connectivity index (χ1v) is 5.97. The lowest BCUT2D eigenvalue weighted by Crippen LogP contribution is -2.14. The van der Waals surface area contributed by atoms with Crippen LogP contribution in [0.15, 0.2) is 23.4 Å². The fourth-order valence-corrected chi connectivity index (χ4v) is 1.93. The minimum atomic E-state index is 0.120. The molecular formula is C13H18N2O3. The maximum atomic E-state index is 8.62. The fourth-order valence-electron chi connectivity index (χ4n) is 1.93. The molecule has 1 heterocycles. The standard InChI is InChI=1S/C13H18N2O3/c1-9-6-10(13(14)15-16)2-3-11(9)7-18-12-4-5-17-8-12/h2-3,6,12,16H,4-5,7-8H2,1H3,(H2,14,15). The van der Waals surface area contributed by atoms with Crippen molar-refractivity contribution in [1.82, 2.24) is 0 Å². The molecule has 1 aliphatic heterocycles. The zero-order valence-corrected chi connectivity index (χ0v) is 10.4. The normalized spacial score (nSPS) is 20.3. The van der Waals surface area contributed by atoms with Gasteiger partial charge in [-0.15, -0.1) is 0 Å². The van der Waals surface area contributed by atoms with E-state index in [1.54, 1.807) is 0 Å². The molecule has 5 nitrogen and oxygen atoms in total. The van der Waals surface area contributed by atoms with E-state index in [2.05, 4.69) is 5.16 Å². The van der Waals surface area contributed by atoms with E-state index in [9.17, 15) is 0 Å². The Morgan fingerprint density at radius 2 is 2.44 bits per heavy atom. The molecule has 0 aromatic heterocycles. The maximum Gasteiger partial charge on any atom is 0.170 e. The second-order valence-corrected chi connectivity index (χ2v) is 4.42. The van der Waals surface area contributed by atoms with Crippen molar-refractivity contribution < 1.29 is 14.7 Å². The first-order valence-electron chi connectivity index (χ1n) is 5.97. The summed E-state index contributed by atoms with van der Waals surface area (Å²) in [5.41, 5.74) is 8.43. The smallest absolute Gasteiger partial charge is 0.170 e. The highest BCUT2D eigenvalue weighted by Crippen LogP contribution is 2.15. The molecule has 2 rings (SSSR count). The number of hydrogen-bond donors (Lipinski definition) is 2. The maximum absolute atomic E-state index is 8.62. The number of benzene rings is 1. The van der Waals surface area contributed by atoms with Crippen molar-refractivity contribution in [2.24, 2.45) is 10.9 Å².